The van der Waals surface area contributed by atoms with Crippen LogP contribution in [-0.2, 0) is 11.2 Å². The van der Waals surface area contributed by atoms with Crippen LogP contribution in [0.25, 0.3) is 11.0 Å². The van der Waals surface area contributed by atoms with Crippen molar-refractivity contribution in [2.45, 2.75) is 38.3 Å². The van der Waals surface area contributed by atoms with E-state index in [0.29, 0.717) is 30.5 Å². The zero-order chi connectivity index (χ0) is 23.4. The molecule has 2 aromatic carbocycles. The number of nitrogens with zero attached hydrogens (tertiary/aromatic N) is 2. The maximum atomic E-state index is 13.5. The highest BCUT2D eigenvalue weighted by molar-refractivity contribution is 5.99. The summed E-state index contributed by atoms with van der Waals surface area (Å²) >= 11 is 0. The van der Waals surface area contributed by atoms with Crippen LogP contribution in [0, 0.1) is 6.92 Å². The first kappa shape index (κ1) is 22.6. The number of benzene rings is 2. The van der Waals surface area contributed by atoms with Gasteiger partial charge in [0.15, 0.2) is 0 Å². The molecule has 1 N–H and O–H groups in total. The van der Waals surface area contributed by atoms with Gasteiger partial charge in [0.05, 0.1) is 6.26 Å². The van der Waals surface area contributed by atoms with Gasteiger partial charge < -0.3 is 19.5 Å². The van der Waals surface area contributed by atoms with Crippen molar-refractivity contribution in [1.29, 1.82) is 0 Å². The molecule has 1 aliphatic heterocycles. The Kier molecular flexibility index (Phi) is 6.82. The second-order valence-corrected chi connectivity index (χ2v) is 8.77. The minimum Gasteiger partial charge on any atom is -0.464 e. The number of rotatable bonds is 8. The Balaban J connectivity index is 1.48. The average Bonchev–Trinajstić information content (AvgIpc) is 3.45. The number of carbonyl (C=O) groups is 2. The molecule has 1 unspecified atom stereocenters. The lowest BCUT2D eigenvalue weighted by atomic mass is 9.99. The highest BCUT2D eigenvalue weighted by Gasteiger charge is 2.26. The van der Waals surface area contributed by atoms with Crippen LogP contribution in [0.2, 0.25) is 0 Å². The molecule has 6 heteroatoms. The smallest absolute Gasteiger partial charge is 0.254 e. The van der Waals surface area contributed by atoms with Crippen LogP contribution in [0.4, 0.5) is 0 Å². The molecule has 1 aliphatic rings. The Morgan fingerprint density at radius 1 is 1.21 bits per heavy atom. The van der Waals surface area contributed by atoms with E-state index in [1.54, 1.807) is 11.2 Å². The van der Waals surface area contributed by atoms with Gasteiger partial charge in [-0.2, -0.15) is 0 Å². The van der Waals surface area contributed by atoms with E-state index >= 15 is 0 Å². The van der Waals surface area contributed by atoms with E-state index in [2.05, 4.69) is 17.4 Å². The lowest BCUT2D eigenvalue weighted by molar-refractivity contribution is -0.124. The normalized spacial score (nSPS) is 16.2. The molecule has 0 aliphatic carbocycles. The number of hydrogen-bond donors (Lipinski definition) is 1. The molecule has 0 saturated carbocycles. The van der Waals surface area contributed by atoms with Crippen molar-refractivity contribution in [2.75, 3.05) is 20.6 Å². The molecular weight excluding hydrogens is 414 g/mol. The number of likely N-dealkylation sites (N-methyl/N-ethyl adjacent to an activating group) is 2. The highest BCUT2D eigenvalue weighted by Crippen LogP contribution is 2.23. The summed E-state index contributed by atoms with van der Waals surface area (Å²) in [7, 11) is 3.76. The standard InChI is InChI=1S/C27H31N3O3/c1-19-16-21-12-15-33-25(21)18-23(19)27(32)30(3)22(17-20-8-5-4-6-9-20)11-13-28-26(31)24-10-7-14-29(24)2/h4-9,12,14-16,18,22,24H,10-11,13,17H2,1-3H3,(H,28,31)/t22-,24?/m1/s1. The minimum absolute atomic E-state index is 0.0223. The summed E-state index contributed by atoms with van der Waals surface area (Å²) < 4.78 is 5.52. The number of amides is 2. The molecule has 2 amide bonds. The van der Waals surface area contributed by atoms with Gasteiger partial charge >= 0.3 is 0 Å². The van der Waals surface area contributed by atoms with Crippen LogP contribution < -0.4 is 5.32 Å². The highest BCUT2D eigenvalue weighted by atomic mass is 16.3. The summed E-state index contributed by atoms with van der Waals surface area (Å²) in [6.45, 7) is 2.46. The Morgan fingerprint density at radius 2 is 2.00 bits per heavy atom. The van der Waals surface area contributed by atoms with Gasteiger partial charge in [0.1, 0.15) is 11.6 Å². The van der Waals surface area contributed by atoms with Gasteiger partial charge in [-0.3, -0.25) is 9.59 Å². The van der Waals surface area contributed by atoms with Gasteiger partial charge in [0, 0.05) is 37.6 Å². The van der Waals surface area contributed by atoms with Crippen LogP contribution in [0.15, 0.2) is 71.5 Å². The van der Waals surface area contributed by atoms with E-state index in [4.69, 9.17) is 4.42 Å². The number of fused-ring (bicyclic) bond motifs is 1. The Labute approximate surface area is 194 Å². The van der Waals surface area contributed by atoms with Crippen LogP contribution in [0.5, 0.6) is 0 Å². The van der Waals surface area contributed by atoms with E-state index in [-0.39, 0.29) is 23.9 Å². The van der Waals surface area contributed by atoms with Crippen LogP contribution in [0.3, 0.4) is 0 Å². The van der Waals surface area contributed by atoms with Crippen LogP contribution >= 0.6 is 0 Å². The Hall–Kier alpha value is -3.54. The average molecular weight is 446 g/mol. The third kappa shape index (κ3) is 5.11. The van der Waals surface area contributed by atoms with Crippen molar-refractivity contribution >= 4 is 22.8 Å². The van der Waals surface area contributed by atoms with Crippen molar-refractivity contribution in [3.05, 3.63) is 83.8 Å². The number of furan rings is 1. The first-order valence-corrected chi connectivity index (χ1v) is 11.4. The fourth-order valence-corrected chi connectivity index (χ4v) is 4.43. The lowest BCUT2D eigenvalue weighted by Gasteiger charge is -2.29. The maximum Gasteiger partial charge on any atom is 0.254 e. The van der Waals surface area contributed by atoms with E-state index < -0.39 is 0 Å². The quantitative estimate of drug-likeness (QED) is 0.566. The second-order valence-electron chi connectivity index (χ2n) is 8.77. The number of nitrogens with one attached hydrogen (secondary N) is 1. The molecule has 6 nitrogen and oxygen atoms in total. The Bertz CT molecular complexity index is 1150. The minimum atomic E-state index is -0.153. The summed E-state index contributed by atoms with van der Waals surface area (Å²) in [5, 5.41) is 4.05. The van der Waals surface area contributed by atoms with Crippen LogP contribution in [0.1, 0.15) is 34.3 Å². The fourth-order valence-electron chi connectivity index (χ4n) is 4.43. The molecule has 2 heterocycles. The molecule has 0 spiro atoms. The summed E-state index contributed by atoms with van der Waals surface area (Å²) in [5.41, 5.74) is 3.43. The van der Waals surface area contributed by atoms with Crippen molar-refractivity contribution in [2.24, 2.45) is 0 Å². The molecule has 1 aromatic heterocycles. The molecule has 0 saturated heterocycles. The molecule has 0 bridgehead atoms. The van der Waals surface area contributed by atoms with Gasteiger partial charge in [-0.05, 0) is 61.7 Å². The van der Waals surface area contributed by atoms with E-state index in [1.165, 1.54) is 0 Å². The van der Waals surface area contributed by atoms with Crippen molar-refractivity contribution in [1.82, 2.24) is 15.1 Å². The molecule has 0 fully saturated rings. The third-order valence-electron chi connectivity index (χ3n) is 6.48. The molecule has 172 valence electrons. The van der Waals surface area contributed by atoms with E-state index in [9.17, 15) is 9.59 Å². The van der Waals surface area contributed by atoms with Crippen molar-refractivity contribution in [3.63, 3.8) is 0 Å². The summed E-state index contributed by atoms with van der Waals surface area (Å²) in [6, 6.07) is 15.6. The second kappa shape index (κ2) is 9.94. The number of hydrogen-bond acceptors (Lipinski definition) is 4. The summed E-state index contributed by atoms with van der Waals surface area (Å²) in [4.78, 5) is 29.8. The monoisotopic (exact) mass is 445 g/mol. The van der Waals surface area contributed by atoms with E-state index in [1.807, 2.05) is 74.6 Å². The molecule has 4 rings (SSSR count). The topological polar surface area (TPSA) is 65.8 Å². The molecule has 3 aromatic rings. The first-order valence-electron chi connectivity index (χ1n) is 11.4. The van der Waals surface area contributed by atoms with Gasteiger partial charge in [-0.15, -0.1) is 0 Å². The Morgan fingerprint density at radius 3 is 2.73 bits per heavy atom. The largest absolute Gasteiger partial charge is 0.464 e. The predicted octanol–water partition coefficient (Wildman–Crippen LogP) is 4.15. The van der Waals surface area contributed by atoms with Crippen molar-refractivity contribution < 1.29 is 14.0 Å². The maximum absolute atomic E-state index is 13.5. The number of aryl methyl sites for hydroxylation is 1. The van der Waals surface area contributed by atoms with Crippen LogP contribution in [-0.4, -0.2) is 54.3 Å². The lowest BCUT2D eigenvalue weighted by Crippen LogP contribution is -2.44. The van der Waals surface area contributed by atoms with Gasteiger partial charge in [0.25, 0.3) is 5.91 Å². The molecule has 2 atom stereocenters. The van der Waals surface area contributed by atoms with Gasteiger partial charge in [-0.1, -0.05) is 36.4 Å². The van der Waals surface area contributed by atoms with Crippen molar-refractivity contribution in [3.8, 4) is 0 Å². The zero-order valence-electron chi connectivity index (χ0n) is 19.5. The molecular formula is C27H31N3O3. The van der Waals surface area contributed by atoms with Gasteiger partial charge in [0.2, 0.25) is 5.91 Å². The van der Waals surface area contributed by atoms with E-state index in [0.717, 1.165) is 22.9 Å². The summed E-state index contributed by atoms with van der Waals surface area (Å²) in [5.74, 6) is -0.0214. The SMILES string of the molecule is Cc1cc2ccoc2cc1C(=O)N(C)[C@H](CCNC(=O)C1CC=CN1C)Cc1ccccc1. The predicted molar refractivity (Wildman–Crippen MR) is 130 cm³/mol. The number of carbonyl (C=O) groups excluding carboxylic acids is 2. The molecule has 0 radical (unpaired) electrons. The molecule has 33 heavy (non-hydrogen) atoms. The first-order chi connectivity index (χ1) is 15.9. The zero-order valence-corrected chi connectivity index (χ0v) is 19.5. The fraction of sp³-hybridized carbons (Fsp3) is 0.333. The summed E-state index contributed by atoms with van der Waals surface area (Å²) in [6.07, 6.45) is 7.68. The third-order valence-corrected chi connectivity index (χ3v) is 6.48. The van der Waals surface area contributed by atoms with Gasteiger partial charge in [-0.25, -0.2) is 0 Å².